The van der Waals surface area contributed by atoms with Gasteiger partial charge in [-0.15, -0.1) is 0 Å². The minimum absolute atomic E-state index is 0.0823. The van der Waals surface area contributed by atoms with E-state index < -0.39 is 5.41 Å². The molecular formula is C15H28O2. The van der Waals surface area contributed by atoms with Crippen molar-refractivity contribution >= 4 is 5.97 Å². The summed E-state index contributed by atoms with van der Waals surface area (Å²) in [4.78, 5) is 12.0. The van der Waals surface area contributed by atoms with Gasteiger partial charge in [0.15, 0.2) is 0 Å². The van der Waals surface area contributed by atoms with Crippen molar-refractivity contribution in [2.24, 2.45) is 17.3 Å². The highest BCUT2D eigenvalue weighted by molar-refractivity contribution is 5.75. The predicted octanol–water partition coefficient (Wildman–Crippen LogP) is 4.18. The summed E-state index contributed by atoms with van der Waals surface area (Å²) in [5.74, 6) is 1.27. The van der Waals surface area contributed by atoms with Crippen LogP contribution in [0.15, 0.2) is 0 Å². The Balaban J connectivity index is 2.59. The maximum Gasteiger partial charge on any atom is 0.311 e. The van der Waals surface area contributed by atoms with Crippen molar-refractivity contribution in [3.05, 3.63) is 0 Å². The topological polar surface area (TPSA) is 26.3 Å². The summed E-state index contributed by atoms with van der Waals surface area (Å²) >= 11 is 0. The molecule has 0 N–H and O–H groups in total. The van der Waals surface area contributed by atoms with Gasteiger partial charge in [0, 0.05) is 0 Å². The van der Waals surface area contributed by atoms with Gasteiger partial charge in [0.25, 0.3) is 0 Å². The summed E-state index contributed by atoms with van der Waals surface area (Å²) in [7, 11) is 0. The highest BCUT2D eigenvalue weighted by Gasteiger charge is 2.37. The monoisotopic (exact) mass is 240 g/mol. The first kappa shape index (κ1) is 14.5. The molecule has 0 heterocycles. The molecule has 17 heavy (non-hydrogen) atoms. The van der Waals surface area contributed by atoms with Gasteiger partial charge in [-0.05, 0) is 59.3 Å². The van der Waals surface area contributed by atoms with Gasteiger partial charge < -0.3 is 4.74 Å². The third kappa shape index (κ3) is 4.01. The van der Waals surface area contributed by atoms with Gasteiger partial charge in [0.05, 0.1) is 5.41 Å². The minimum atomic E-state index is -0.404. The van der Waals surface area contributed by atoms with E-state index in [0.29, 0.717) is 5.92 Å². The van der Waals surface area contributed by atoms with E-state index in [9.17, 15) is 4.79 Å². The standard InChI is InChI=1S/C15H28O2/c1-11-7-9-12(10-8-11)15(5,6)17-13(16)14(2,3)4/h11-12H,7-10H2,1-6H3. The van der Waals surface area contributed by atoms with Crippen molar-refractivity contribution in [3.63, 3.8) is 0 Å². The number of hydrogen-bond donors (Lipinski definition) is 0. The summed E-state index contributed by atoms with van der Waals surface area (Å²) in [6, 6.07) is 0. The van der Waals surface area contributed by atoms with Gasteiger partial charge in [-0.25, -0.2) is 0 Å². The molecule has 0 aromatic rings. The first-order chi connectivity index (χ1) is 7.63. The third-order valence-corrected chi connectivity index (χ3v) is 3.97. The molecule has 0 aromatic carbocycles. The maximum atomic E-state index is 12.0. The molecule has 0 amide bonds. The molecule has 1 rings (SSSR count). The molecule has 1 saturated carbocycles. The molecule has 0 spiro atoms. The maximum absolute atomic E-state index is 12.0. The van der Waals surface area contributed by atoms with Gasteiger partial charge in [-0.1, -0.05) is 19.8 Å². The van der Waals surface area contributed by atoms with E-state index >= 15 is 0 Å². The van der Waals surface area contributed by atoms with Crippen LogP contribution in [0.4, 0.5) is 0 Å². The molecule has 0 atom stereocenters. The molecule has 1 aliphatic rings. The number of carbonyl (C=O) groups is 1. The molecular weight excluding hydrogens is 212 g/mol. The Labute approximate surface area is 106 Å². The molecule has 2 heteroatoms. The summed E-state index contributed by atoms with van der Waals surface area (Å²) in [5.41, 5.74) is -0.719. The molecule has 0 aromatic heterocycles. The van der Waals surface area contributed by atoms with Crippen molar-refractivity contribution in [1.82, 2.24) is 0 Å². The Morgan fingerprint density at radius 2 is 1.47 bits per heavy atom. The Kier molecular flexibility index (Phi) is 4.27. The first-order valence-electron chi connectivity index (χ1n) is 6.86. The van der Waals surface area contributed by atoms with Crippen molar-refractivity contribution < 1.29 is 9.53 Å². The van der Waals surface area contributed by atoms with Gasteiger partial charge in [-0.3, -0.25) is 4.79 Å². The Morgan fingerprint density at radius 3 is 1.88 bits per heavy atom. The van der Waals surface area contributed by atoms with Crippen LogP contribution in [0.2, 0.25) is 0 Å². The van der Waals surface area contributed by atoms with Crippen LogP contribution in [0.25, 0.3) is 0 Å². The largest absolute Gasteiger partial charge is 0.459 e. The molecule has 0 unspecified atom stereocenters. The van der Waals surface area contributed by atoms with Crippen LogP contribution in [0.5, 0.6) is 0 Å². The Bertz CT molecular complexity index is 265. The number of hydrogen-bond acceptors (Lipinski definition) is 2. The second-order valence-electron chi connectivity index (χ2n) is 7.20. The summed E-state index contributed by atoms with van der Waals surface area (Å²) in [6.45, 7) is 12.2. The third-order valence-electron chi connectivity index (χ3n) is 3.97. The van der Waals surface area contributed by atoms with Gasteiger partial charge in [-0.2, -0.15) is 0 Å². The summed E-state index contributed by atoms with van der Waals surface area (Å²) in [6.07, 6.45) is 4.90. The lowest BCUT2D eigenvalue weighted by molar-refractivity contribution is -0.173. The molecule has 2 nitrogen and oxygen atoms in total. The number of carbonyl (C=O) groups excluding carboxylic acids is 1. The number of rotatable bonds is 2. The smallest absolute Gasteiger partial charge is 0.311 e. The molecule has 0 bridgehead atoms. The van der Waals surface area contributed by atoms with Crippen LogP contribution in [0.3, 0.4) is 0 Å². The number of esters is 1. The van der Waals surface area contributed by atoms with E-state index in [1.165, 1.54) is 25.7 Å². The zero-order valence-electron chi connectivity index (χ0n) is 12.3. The summed E-state index contributed by atoms with van der Waals surface area (Å²) < 4.78 is 5.74. The fraction of sp³-hybridized carbons (Fsp3) is 0.933. The highest BCUT2D eigenvalue weighted by atomic mass is 16.6. The van der Waals surface area contributed by atoms with Crippen LogP contribution < -0.4 is 0 Å². The van der Waals surface area contributed by atoms with Crippen molar-refractivity contribution in [3.8, 4) is 0 Å². The lowest BCUT2D eigenvalue weighted by Gasteiger charge is -2.39. The Hall–Kier alpha value is -0.530. The van der Waals surface area contributed by atoms with Gasteiger partial charge in [0.1, 0.15) is 5.60 Å². The quantitative estimate of drug-likeness (QED) is 0.677. The lowest BCUT2D eigenvalue weighted by atomic mass is 9.75. The zero-order valence-corrected chi connectivity index (χ0v) is 12.3. The highest BCUT2D eigenvalue weighted by Crippen LogP contribution is 2.38. The molecule has 100 valence electrons. The van der Waals surface area contributed by atoms with Crippen LogP contribution in [0.1, 0.15) is 67.2 Å². The van der Waals surface area contributed by atoms with E-state index in [1.54, 1.807) is 0 Å². The predicted molar refractivity (Wildman–Crippen MR) is 70.7 cm³/mol. The van der Waals surface area contributed by atoms with E-state index in [-0.39, 0.29) is 11.6 Å². The molecule has 1 aliphatic carbocycles. The molecule has 1 fully saturated rings. The Morgan fingerprint density at radius 1 is 1.00 bits per heavy atom. The van der Waals surface area contributed by atoms with E-state index in [2.05, 4.69) is 20.8 Å². The van der Waals surface area contributed by atoms with E-state index in [4.69, 9.17) is 4.74 Å². The fourth-order valence-electron chi connectivity index (χ4n) is 2.43. The molecule has 0 aliphatic heterocycles. The van der Waals surface area contributed by atoms with Crippen LogP contribution in [-0.2, 0) is 9.53 Å². The lowest BCUT2D eigenvalue weighted by Crippen LogP contribution is -2.41. The fourth-order valence-corrected chi connectivity index (χ4v) is 2.43. The van der Waals surface area contributed by atoms with Crippen LogP contribution >= 0.6 is 0 Å². The number of ether oxygens (including phenoxy) is 1. The molecule has 0 radical (unpaired) electrons. The zero-order chi connectivity index (χ0) is 13.3. The summed E-state index contributed by atoms with van der Waals surface area (Å²) in [5, 5.41) is 0. The molecule has 0 saturated heterocycles. The van der Waals surface area contributed by atoms with E-state index in [1.807, 2.05) is 20.8 Å². The first-order valence-corrected chi connectivity index (χ1v) is 6.86. The van der Waals surface area contributed by atoms with E-state index in [0.717, 1.165) is 5.92 Å². The van der Waals surface area contributed by atoms with Crippen molar-refractivity contribution in [2.75, 3.05) is 0 Å². The average Bonchev–Trinajstić information content (AvgIpc) is 2.16. The van der Waals surface area contributed by atoms with Gasteiger partial charge in [0.2, 0.25) is 0 Å². The van der Waals surface area contributed by atoms with Crippen molar-refractivity contribution in [2.45, 2.75) is 72.8 Å². The minimum Gasteiger partial charge on any atom is -0.459 e. The van der Waals surface area contributed by atoms with Crippen molar-refractivity contribution in [1.29, 1.82) is 0 Å². The normalized spacial score (nSPS) is 26.7. The SMILES string of the molecule is CC1CCC(C(C)(C)OC(=O)C(C)(C)C)CC1. The van der Waals surface area contributed by atoms with Gasteiger partial charge >= 0.3 is 5.97 Å². The van der Waals surface area contributed by atoms with Crippen LogP contribution in [0, 0.1) is 17.3 Å². The average molecular weight is 240 g/mol. The second-order valence-corrected chi connectivity index (χ2v) is 7.20. The van der Waals surface area contributed by atoms with Crippen LogP contribution in [-0.4, -0.2) is 11.6 Å². The second kappa shape index (κ2) is 4.99.